The first kappa shape index (κ1) is 21.9. The fourth-order valence-corrected chi connectivity index (χ4v) is 4.34. The number of hydrogen-bond acceptors (Lipinski definition) is 3. The highest BCUT2D eigenvalue weighted by Gasteiger charge is 2.40. The first-order chi connectivity index (χ1) is 14.1. The van der Waals surface area contributed by atoms with E-state index in [4.69, 9.17) is 4.74 Å². The Hall–Kier alpha value is -1.75. The van der Waals surface area contributed by atoms with Crippen molar-refractivity contribution in [3.63, 3.8) is 0 Å². The molecule has 0 unspecified atom stereocenters. The Morgan fingerprint density at radius 1 is 1.00 bits per heavy atom. The zero-order chi connectivity index (χ0) is 20.5. The number of hydrogen-bond donors (Lipinski definition) is 1. The van der Waals surface area contributed by atoms with Gasteiger partial charge in [0.05, 0.1) is 18.8 Å². The molecule has 3 nitrogen and oxygen atoms in total. The van der Waals surface area contributed by atoms with E-state index in [-0.39, 0.29) is 11.7 Å². The van der Waals surface area contributed by atoms with Crippen molar-refractivity contribution < 1.29 is 14.2 Å². The van der Waals surface area contributed by atoms with Gasteiger partial charge in [0.2, 0.25) is 0 Å². The van der Waals surface area contributed by atoms with E-state index in [9.17, 15) is 9.50 Å². The minimum atomic E-state index is -1.04. The number of morpholine rings is 1. The van der Waals surface area contributed by atoms with Crippen LogP contribution in [0.15, 0.2) is 54.6 Å². The van der Waals surface area contributed by atoms with Crippen LogP contribution >= 0.6 is 0 Å². The van der Waals surface area contributed by atoms with E-state index in [0.29, 0.717) is 6.42 Å². The molecule has 2 aromatic carbocycles. The second kappa shape index (κ2) is 10.9. The highest BCUT2D eigenvalue weighted by atomic mass is 19.1. The molecular weight excluding hydrogens is 365 g/mol. The largest absolute Gasteiger partial charge is 0.384 e. The second-order valence-corrected chi connectivity index (χ2v) is 8.12. The monoisotopic (exact) mass is 399 g/mol. The van der Waals surface area contributed by atoms with Crippen LogP contribution in [0.4, 0.5) is 4.39 Å². The molecule has 29 heavy (non-hydrogen) atoms. The Bertz CT molecular complexity index is 715. The number of rotatable bonds is 10. The number of benzene rings is 2. The molecule has 0 amide bonds. The lowest BCUT2D eigenvalue weighted by Crippen LogP contribution is -2.45. The van der Waals surface area contributed by atoms with Gasteiger partial charge in [0, 0.05) is 25.6 Å². The molecule has 0 radical (unpaired) electrons. The molecule has 1 aliphatic heterocycles. The summed E-state index contributed by atoms with van der Waals surface area (Å²) in [5.41, 5.74) is 0.889. The number of ether oxygens (including phenoxy) is 1. The van der Waals surface area contributed by atoms with Gasteiger partial charge in [0.25, 0.3) is 0 Å². The third-order valence-corrected chi connectivity index (χ3v) is 6.08. The predicted octanol–water partition coefficient (Wildman–Crippen LogP) is 5.10. The summed E-state index contributed by atoms with van der Waals surface area (Å²) in [7, 11) is 0. The topological polar surface area (TPSA) is 32.7 Å². The molecule has 1 heterocycles. The summed E-state index contributed by atoms with van der Waals surface area (Å²) in [6, 6.07) is 16.7. The van der Waals surface area contributed by atoms with E-state index in [1.54, 1.807) is 12.1 Å². The van der Waals surface area contributed by atoms with E-state index >= 15 is 0 Å². The maximum Gasteiger partial charge on any atom is 0.123 e. The average molecular weight is 400 g/mol. The lowest BCUT2D eigenvalue weighted by atomic mass is 9.74. The quantitative estimate of drug-likeness (QED) is 0.564. The summed E-state index contributed by atoms with van der Waals surface area (Å²) in [6.07, 6.45) is 5.04. The molecule has 4 heteroatoms. The Balaban J connectivity index is 1.94. The number of unbranched alkanes of at least 4 members (excludes halogenated alkanes) is 3. The number of aliphatic hydroxyl groups is 1. The first-order valence-electron chi connectivity index (χ1n) is 11.0. The predicted molar refractivity (Wildman–Crippen MR) is 115 cm³/mol. The minimum absolute atomic E-state index is 0.0890. The molecule has 0 saturated carbocycles. The van der Waals surface area contributed by atoms with Crippen LogP contribution in [0.3, 0.4) is 0 Å². The van der Waals surface area contributed by atoms with Gasteiger partial charge >= 0.3 is 0 Å². The van der Waals surface area contributed by atoms with E-state index in [0.717, 1.165) is 63.2 Å². The molecule has 1 N–H and O–H groups in total. The summed E-state index contributed by atoms with van der Waals surface area (Å²) in [4.78, 5) is 2.38. The molecule has 2 aromatic rings. The van der Waals surface area contributed by atoms with Crippen LogP contribution in [0.1, 0.15) is 56.1 Å². The molecule has 2 atom stereocenters. The van der Waals surface area contributed by atoms with Crippen LogP contribution in [0.25, 0.3) is 0 Å². The Morgan fingerprint density at radius 2 is 1.69 bits per heavy atom. The molecule has 0 bridgehead atoms. The Labute approximate surface area is 174 Å². The van der Waals surface area contributed by atoms with Crippen molar-refractivity contribution in [3.05, 3.63) is 71.5 Å². The Kier molecular flexibility index (Phi) is 8.22. The van der Waals surface area contributed by atoms with Crippen LogP contribution in [0.5, 0.6) is 0 Å². The molecule has 1 fully saturated rings. The van der Waals surface area contributed by atoms with E-state index in [1.807, 2.05) is 18.2 Å². The summed E-state index contributed by atoms with van der Waals surface area (Å²) < 4.78 is 19.1. The molecule has 1 aliphatic rings. The van der Waals surface area contributed by atoms with Gasteiger partial charge in [-0.15, -0.1) is 0 Å². The van der Waals surface area contributed by atoms with Gasteiger partial charge in [-0.05, 0) is 29.7 Å². The van der Waals surface area contributed by atoms with Gasteiger partial charge in [-0.25, -0.2) is 4.39 Å². The van der Waals surface area contributed by atoms with Crippen molar-refractivity contribution in [2.75, 3.05) is 32.8 Å². The van der Waals surface area contributed by atoms with Crippen molar-refractivity contribution in [2.24, 2.45) is 0 Å². The molecule has 0 spiro atoms. The van der Waals surface area contributed by atoms with Gasteiger partial charge in [-0.3, -0.25) is 4.90 Å². The second-order valence-electron chi connectivity index (χ2n) is 8.12. The van der Waals surface area contributed by atoms with Crippen LogP contribution in [-0.2, 0) is 10.3 Å². The van der Waals surface area contributed by atoms with Crippen molar-refractivity contribution in [1.29, 1.82) is 0 Å². The lowest BCUT2D eigenvalue weighted by Gasteiger charge is -2.41. The van der Waals surface area contributed by atoms with Gasteiger partial charge < -0.3 is 9.84 Å². The third-order valence-electron chi connectivity index (χ3n) is 6.08. The molecule has 1 saturated heterocycles. The highest BCUT2D eigenvalue weighted by molar-refractivity contribution is 5.32. The van der Waals surface area contributed by atoms with Crippen LogP contribution in [0, 0.1) is 5.82 Å². The fourth-order valence-electron chi connectivity index (χ4n) is 4.34. The van der Waals surface area contributed by atoms with E-state index < -0.39 is 5.60 Å². The fraction of sp³-hybridized carbons (Fsp3) is 0.520. The summed E-state index contributed by atoms with van der Waals surface area (Å²) in [5, 5.41) is 12.1. The van der Waals surface area contributed by atoms with Gasteiger partial charge in [-0.2, -0.15) is 0 Å². The molecular formula is C25H34FNO2. The van der Waals surface area contributed by atoms with Crippen LogP contribution < -0.4 is 0 Å². The van der Waals surface area contributed by atoms with Crippen LogP contribution in [0.2, 0.25) is 0 Å². The lowest BCUT2D eigenvalue weighted by molar-refractivity contribution is -0.0296. The van der Waals surface area contributed by atoms with Crippen molar-refractivity contribution in [2.45, 2.75) is 50.5 Å². The molecule has 0 aliphatic carbocycles. The van der Waals surface area contributed by atoms with Gasteiger partial charge in [0.15, 0.2) is 0 Å². The first-order valence-corrected chi connectivity index (χ1v) is 11.0. The standard InChI is InChI=1S/C25H34FNO2/c1-2-3-4-8-15-25(28,22-11-13-23(26)14-12-22)24(21-9-6-5-7-10-21)20-27-16-18-29-19-17-27/h5-7,9-14,24,28H,2-4,8,15-20H2,1H3/t24-,25-/m1/s1. The van der Waals surface area contributed by atoms with E-state index in [2.05, 4.69) is 24.0 Å². The molecule has 3 rings (SSSR count). The number of halogens is 1. The van der Waals surface area contributed by atoms with Crippen molar-refractivity contribution in [3.8, 4) is 0 Å². The van der Waals surface area contributed by atoms with E-state index in [1.165, 1.54) is 18.6 Å². The highest BCUT2D eigenvalue weighted by Crippen LogP contribution is 2.42. The smallest absolute Gasteiger partial charge is 0.123 e. The molecule has 0 aromatic heterocycles. The zero-order valence-electron chi connectivity index (χ0n) is 17.5. The minimum Gasteiger partial charge on any atom is -0.384 e. The maximum atomic E-state index is 13.6. The normalized spacial score (nSPS) is 18.3. The SMILES string of the molecule is CCCCCC[C@@](O)(c1ccc(F)cc1)[C@H](CN1CCOCC1)c1ccccc1. The zero-order valence-corrected chi connectivity index (χ0v) is 17.5. The summed E-state index contributed by atoms with van der Waals surface area (Å²) >= 11 is 0. The van der Waals surface area contributed by atoms with Gasteiger partial charge in [-0.1, -0.05) is 75.1 Å². The summed E-state index contributed by atoms with van der Waals surface area (Å²) in [6.45, 7) is 6.16. The average Bonchev–Trinajstić information content (AvgIpc) is 2.77. The van der Waals surface area contributed by atoms with Crippen LogP contribution in [-0.4, -0.2) is 42.9 Å². The summed E-state index contributed by atoms with van der Waals surface area (Å²) in [5.74, 6) is -0.361. The van der Waals surface area contributed by atoms with Crippen molar-refractivity contribution >= 4 is 0 Å². The van der Waals surface area contributed by atoms with Crippen molar-refractivity contribution in [1.82, 2.24) is 4.90 Å². The Morgan fingerprint density at radius 3 is 2.34 bits per heavy atom. The molecule has 158 valence electrons. The third kappa shape index (κ3) is 5.88. The van der Waals surface area contributed by atoms with Gasteiger partial charge in [0.1, 0.15) is 5.82 Å². The maximum absolute atomic E-state index is 13.6. The number of nitrogens with zero attached hydrogens (tertiary/aromatic N) is 1.